The fourth-order valence-electron chi connectivity index (χ4n) is 5.73. The van der Waals surface area contributed by atoms with E-state index in [1.807, 2.05) is 39.1 Å². The highest BCUT2D eigenvalue weighted by Crippen LogP contribution is 2.40. The van der Waals surface area contributed by atoms with Crippen LogP contribution >= 0.6 is 11.3 Å². The van der Waals surface area contributed by atoms with Crippen molar-refractivity contribution >= 4 is 34.0 Å². The average Bonchev–Trinajstić information content (AvgIpc) is 3.54. The minimum absolute atomic E-state index is 0.0123. The van der Waals surface area contributed by atoms with Crippen molar-refractivity contribution in [3.05, 3.63) is 23.0 Å². The highest BCUT2D eigenvalue weighted by Gasteiger charge is 2.44. The molecule has 2 aromatic rings. The van der Waals surface area contributed by atoms with Crippen molar-refractivity contribution in [2.75, 3.05) is 32.7 Å². The third kappa shape index (κ3) is 3.70. The van der Waals surface area contributed by atoms with Crippen LogP contribution in [0.25, 0.3) is 4.96 Å². The highest BCUT2D eigenvalue weighted by molar-refractivity contribution is 7.19. The van der Waals surface area contributed by atoms with E-state index in [4.69, 9.17) is 0 Å². The molecule has 3 fully saturated rings. The number of thiazole rings is 1. The first-order valence-corrected chi connectivity index (χ1v) is 12.5. The van der Waals surface area contributed by atoms with Crippen LogP contribution in [0.3, 0.4) is 0 Å². The first-order valence-electron chi connectivity index (χ1n) is 11.7. The number of amides is 3. The zero-order chi connectivity index (χ0) is 22.5. The number of hydrogen-bond donors (Lipinski definition) is 0. The molecule has 5 rings (SSSR count). The number of piperidine rings is 1. The zero-order valence-corrected chi connectivity index (χ0v) is 19.7. The molecule has 0 bridgehead atoms. The molecule has 0 radical (unpaired) electrons. The second kappa shape index (κ2) is 8.17. The molecule has 2 unspecified atom stereocenters. The van der Waals surface area contributed by atoms with Crippen molar-refractivity contribution in [2.24, 2.45) is 5.41 Å². The molecular formula is C23H31N5O3S. The first-order chi connectivity index (χ1) is 15.4. The predicted octanol–water partition coefficient (Wildman–Crippen LogP) is 2.56. The predicted molar refractivity (Wildman–Crippen MR) is 122 cm³/mol. The summed E-state index contributed by atoms with van der Waals surface area (Å²) in [5.74, 6) is 0.386. The molecule has 3 aliphatic rings. The summed E-state index contributed by atoms with van der Waals surface area (Å²) in [5, 5.41) is 0. The second-order valence-corrected chi connectivity index (χ2v) is 10.7. The number of nitrogens with zero attached hydrogens (tertiary/aromatic N) is 5. The normalized spacial score (nSPS) is 24.8. The molecule has 3 saturated heterocycles. The van der Waals surface area contributed by atoms with Crippen molar-refractivity contribution in [1.82, 2.24) is 24.1 Å². The van der Waals surface area contributed by atoms with Crippen LogP contribution in [-0.4, -0.2) is 80.6 Å². The number of hydrogen-bond acceptors (Lipinski definition) is 5. The van der Waals surface area contributed by atoms with Crippen LogP contribution in [0, 0.1) is 12.3 Å². The van der Waals surface area contributed by atoms with E-state index >= 15 is 0 Å². The van der Waals surface area contributed by atoms with Crippen molar-refractivity contribution in [3.8, 4) is 0 Å². The van der Waals surface area contributed by atoms with Gasteiger partial charge in [0.2, 0.25) is 11.8 Å². The number of carbonyl (C=O) groups excluding carboxylic acids is 3. The lowest BCUT2D eigenvalue weighted by Gasteiger charge is -2.40. The van der Waals surface area contributed by atoms with Gasteiger partial charge < -0.3 is 14.7 Å². The van der Waals surface area contributed by atoms with Crippen molar-refractivity contribution < 1.29 is 14.4 Å². The van der Waals surface area contributed by atoms with Crippen LogP contribution in [0.5, 0.6) is 0 Å². The molecule has 2 aromatic heterocycles. The van der Waals surface area contributed by atoms with Crippen LogP contribution in [0.4, 0.5) is 0 Å². The Morgan fingerprint density at radius 2 is 1.97 bits per heavy atom. The topological polar surface area (TPSA) is 78.2 Å². The summed E-state index contributed by atoms with van der Waals surface area (Å²) in [6.07, 6.45) is 8.49. The van der Waals surface area contributed by atoms with Gasteiger partial charge in [-0.1, -0.05) is 11.3 Å². The van der Waals surface area contributed by atoms with E-state index in [9.17, 15) is 14.4 Å². The lowest BCUT2D eigenvalue weighted by Crippen LogP contribution is -2.48. The van der Waals surface area contributed by atoms with E-state index in [-0.39, 0.29) is 29.2 Å². The maximum Gasteiger partial charge on any atom is 0.265 e. The summed E-state index contributed by atoms with van der Waals surface area (Å²) in [6.45, 7) is 7.64. The quantitative estimate of drug-likeness (QED) is 0.707. The summed E-state index contributed by atoms with van der Waals surface area (Å²) < 4.78 is 1.97. The standard InChI is InChI=1S/C23H31N5O3S/c1-16(27-10-3-5-18(27)29)13-19(30)25-11-7-23(14-25)6-4-9-26(15-23)21(31)20-17(2)28-12-8-24-22(28)32-20/h8,12,16H,3-7,9-11,13-15H2,1-2H3. The minimum Gasteiger partial charge on any atom is -0.342 e. The summed E-state index contributed by atoms with van der Waals surface area (Å²) in [5.41, 5.74) is 0.933. The van der Waals surface area contributed by atoms with Gasteiger partial charge in [0.25, 0.3) is 5.91 Å². The van der Waals surface area contributed by atoms with Gasteiger partial charge in [0.1, 0.15) is 4.88 Å². The van der Waals surface area contributed by atoms with E-state index in [0.29, 0.717) is 25.9 Å². The van der Waals surface area contributed by atoms with Gasteiger partial charge in [-0.15, -0.1) is 0 Å². The Kier molecular flexibility index (Phi) is 5.47. The van der Waals surface area contributed by atoms with Crippen LogP contribution in [0.2, 0.25) is 0 Å². The fraction of sp³-hybridized carbons (Fsp3) is 0.652. The maximum absolute atomic E-state index is 13.3. The Bertz CT molecular complexity index is 1060. The number of likely N-dealkylation sites (tertiary alicyclic amines) is 3. The number of aryl methyl sites for hydroxylation is 1. The molecule has 9 heteroatoms. The molecule has 0 N–H and O–H groups in total. The Labute approximate surface area is 192 Å². The van der Waals surface area contributed by atoms with Crippen LogP contribution < -0.4 is 0 Å². The number of aromatic nitrogens is 2. The van der Waals surface area contributed by atoms with Crippen LogP contribution in [0.15, 0.2) is 12.4 Å². The molecule has 8 nitrogen and oxygen atoms in total. The molecule has 172 valence electrons. The van der Waals surface area contributed by atoms with Gasteiger partial charge in [-0.25, -0.2) is 4.98 Å². The first kappa shape index (κ1) is 21.4. The molecule has 32 heavy (non-hydrogen) atoms. The average molecular weight is 458 g/mol. The van der Waals surface area contributed by atoms with Crippen LogP contribution in [0.1, 0.15) is 60.8 Å². The fourth-order valence-corrected chi connectivity index (χ4v) is 6.78. The number of rotatable bonds is 4. The Morgan fingerprint density at radius 3 is 2.72 bits per heavy atom. The van der Waals surface area contributed by atoms with Crippen LogP contribution in [-0.2, 0) is 9.59 Å². The molecule has 5 heterocycles. The Hall–Kier alpha value is -2.42. The van der Waals surface area contributed by atoms with Crippen molar-refractivity contribution in [3.63, 3.8) is 0 Å². The lowest BCUT2D eigenvalue weighted by molar-refractivity contribution is -0.134. The lowest BCUT2D eigenvalue weighted by atomic mass is 9.79. The molecule has 3 amide bonds. The van der Waals surface area contributed by atoms with E-state index in [2.05, 4.69) is 4.98 Å². The third-order valence-corrected chi connectivity index (χ3v) is 8.69. The van der Waals surface area contributed by atoms with E-state index in [0.717, 1.165) is 60.8 Å². The minimum atomic E-state index is -0.0424. The molecule has 2 atom stereocenters. The van der Waals surface area contributed by atoms with Gasteiger partial charge in [-0.05, 0) is 39.5 Å². The largest absolute Gasteiger partial charge is 0.342 e. The summed E-state index contributed by atoms with van der Waals surface area (Å²) >= 11 is 1.45. The zero-order valence-electron chi connectivity index (χ0n) is 18.9. The highest BCUT2D eigenvalue weighted by atomic mass is 32.1. The van der Waals surface area contributed by atoms with Crippen molar-refractivity contribution in [2.45, 2.75) is 58.4 Å². The number of imidazole rings is 1. The summed E-state index contributed by atoms with van der Waals surface area (Å²) in [7, 11) is 0. The Morgan fingerprint density at radius 1 is 1.16 bits per heavy atom. The Balaban J connectivity index is 1.23. The van der Waals surface area contributed by atoms with E-state index in [1.165, 1.54) is 11.3 Å². The molecule has 0 saturated carbocycles. The summed E-state index contributed by atoms with van der Waals surface area (Å²) in [6, 6.07) is -0.0424. The molecule has 0 aromatic carbocycles. The molecule has 0 aliphatic carbocycles. The third-order valence-electron chi connectivity index (χ3n) is 7.54. The molecule has 1 spiro atoms. The number of fused-ring (bicyclic) bond motifs is 1. The maximum atomic E-state index is 13.3. The van der Waals surface area contributed by atoms with E-state index in [1.54, 1.807) is 6.20 Å². The molecule has 3 aliphatic heterocycles. The monoisotopic (exact) mass is 457 g/mol. The smallest absolute Gasteiger partial charge is 0.265 e. The van der Waals surface area contributed by atoms with Crippen molar-refractivity contribution in [1.29, 1.82) is 0 Å². The van der Waals surface area contributed by atoms with Gasteiger partial charge in [-0.3, -0.25) is 18.8 Å². The van der Waals surface area contributed by atoms with Gasteiger partial charge in [0.05, 0.1) is 0 Å². The van der Waals surface area contributed by atoms with Gasteiger partial charge in [0, 0.05) is 75.1 Å². The molecular weight excluding hydrogens is 426 g/mol. The van der Waals surface area contributed by atoms with Gasteiger partial charge >= 0.3 is 0 Å². The second-order valence-electron chi connectivity index (χ2n) is 9.74. The summed E-state index contributed by atoms with van der Waals surface area (Å²) in [4.78, 5) is 50.1. The SMILES string of the molecule is Cc1c(C(=O)N2CCCC3(CCN(C(=O)CC(C)N4CCCC4=O)C3)C2)sc2nccn12. The van der Waals surface area contributed by atoms with E-state index < -0.39 is 0 Å². The van der Waals surface area contributed by atoms with Gasteiger partial charge in [-0.2, -0.15) is 0 Å². The van der Waals surface area contributed by atoms with Gasteiger partial charge in [0.15, 0.2) is 4.96 Å². The number of carbonyl (C=O) groups is 3.